The van der Waals surface area contributed by atoms with Crippen LogP contribution in [-0.2, 0) is 0 Å². The number of hydrogen-bond donors (Lipinski definition) is 1. The van der Waals surface area contributed by atoms with Crippen LogP contribution in [0.4, 0.5) is 0 Å². The third-order valence-corrected chi connectivity index (χ3v) is 4.73. The quantitative estimate of drug-likeness (QED) is 0.674. The molecule has 0 aliphatic heterocycles. The Kier molecular flexibility index (Phi) is 5.75. The van der Waals surface area contributed by atoms with Crippen LogP contribution in [0.3, 0.4) is 0 Å². The van der Waals surface area contributed by atoms with Gasteiger partial charge in [-0.05, 0) is 63.3 Å². The average Bonchev–Trinajstić information content (AvgIpc) is 3.15. The molecule has 2 rings (SSSR count). The van der Waals surface area contributed by atoms with Gasteiger partial charge < -0.3 is 5.32 Å². The average molecular weight is 249 g/mol. The van der Waals surface area contributed by atoms with Crippen molar-refractivity contribution >= 4 is 0 Å². The summed E-state index contributed by atoms with van der Waals surface area (Å²) in [7, 11) is 0. The van der Waals surface area contributed by atoms with Gasteiger partial charge in [0.05, 0.1) is 0 Å². The molecule has 1 N–H and O–H groups in total. The molecule has 2 atom stereocenters. The first-order chi connectivity index (χ1) is 8.83. The minimum atomic E-state index is 0.676. The normalized spacial score (nSPS) is 24.9. The van der Waals surface area contributed by atoms with Gasteiger partial charge in [0.25, 0.3) is 0 Å². The molecule has 0 radical (unpaired) electrons. The van der Waals surface area contributed by atoms with Crippen LogP contribution in [0.5, 0.6) is 0 Å². The molecule has 0 aromatic carbocycles. The van der Waals surface area contributed by atoms with E-state index < -0.39 is 0 Å². The molecule has 0 amide bonds. The Morgan fingerprint density at radius 2 is 2.00 bits per heavy atom. The summed E-state index contributed by atoms with van der Waals surface area (Å²) in [5.41, 5.74) is 1.74. The van der Waals surface area contributed by atoms with Crippen molar-refractivity contribution in [2.24, 2.45) is 11.8 Å². The zero-order chi connectivity index (χ0) is 12.8. The van der Waals surface area contributed by atoms with E-state index in [1.165, 1.54) is 64.3 Å². The molecule has 1 fully saturated rings. The van der Waals surface area contributed by atoms with Gasteiger partial charge in [0.1, 0.15) is 0 Å². The highest BCUT2D eigenvalue weighted by molar-refractivity contribution is 5.14. The van der Waals surface area contributed by atoms with Crippen molar-refractivity contribution in [1.29, 1.82) is 0 Å². The van der Waals surface area contributed by atoms with Crippen molar-refractivity contribution < 1.29 is 0 Å². The molecule has 2 aliphatic carbocycles. The molecule has 0 heterocycles. The molecule has 1 nitrogen and oxygen atoms in total. The largest absolute Gasteiger partial charge is 0.310 e. The van der Waals surface area contributed by atoms with E-state index in [4.69, 9.17) is 0 Å². The summed E-state index contributed by atoms with van der Waals surface area (Å²) < 4.78 is 0. The predicted molar refractivity (Wildman–Crippen MR) is 79.8 cm³/mol. The van der Waals surface area contributed by atoms with Gasteiger partial charge in [-0.3, -0.25) is 0 Å². The van der Waals surface area contributed by atoms with Crippen LogP contribution in [0.25, 0.3) is 0 Å². The summed E-state index contributed by atoms with van der Waals surface area (Å²) in [5.74, 6) is 1.85. The predicted octanol–water partition coefficient (Wildman–Crippen LogP) is 4.68. The van der Waals surface area contributed by atoms with Crippen molar-refractivity contribution in [1.82, 2.24) is 5.32 Å². The molecule has 0 aromatic heterocycles. The van der Waals surface area contributed by atoms with E-state index in [-0.39, 0.29) is 0 Å². The molecule has 1 heteroatoms. The summed E-state index contributed by atoms with van der Waals surface area (Å²) in [5, 5.41) is 3.84. The van der Waals surface area contributed by atoms with Gasteiger partial charge in [0, 0.05) is 6.04 Å². The van der Waals surface area contributed by atoms with Crippen LogP contribution in [0.2, 0.25) is 0 Å². The van der Waals surface area contributed by atoms with Crippen LogP contribution in [0.15, 0.2) is 11.6 Å². The molecule has 2 unspecified atom stereocenters. The second kappa shape index (κ2) is 7.33. The maximum absolute atomic E-state index is 3.84. The fourth-order valence-corrected chi connectivity index (χ4v) is 3.35. The molecule has 104 valence electrons. The Balaban J connectivity index is 1.99. The van der Waals surface area contributed by atoms with Crippen molar-refractivity contribution in [2.75, 3.05) is 6.54 Å². The number of hydrogen-bond acceptors (Lipinski definition) is 1. The van der Waals surface area contributed by atoms with Crippen LogP contribution in [0, 0.1) is 11.8 Å². The van der Waals surface area contributed by atoms with Gasteiger partial charge in [0.15, 0.2) is 0 Å². The van der Waals surface area contributed by atoms with Crippen molar-refractivity contribution in [3.8, 4) is 0 Å². The minimum Gasteiger partial charge on any atom is -0.310 e. The molecule has 0 spiro atoms. The second-order valence-corrected chi connectivity index (χ2v) is 6.36. The molecule has 18 heavy (non-hydrogen) atoms. The maximum atomic E-state index is 3.84. The number of allylic oxidation sites excluding steroid dienone is 1. The van der Waals surface area contributed by atoms with Gasteiger partial charge in [-0.1, -0.05) is 38.3 Å². The molecule has 1 saturated carbocycles. The SMILES string of the molecule is CCCNC(C1=CCCCCCC1)C(C)C1CC1. The highest BCUT2D eigenvalue weighted by Gasteiger charge is 2.34. The lowest BCUT2D eigenvalue weighted by Crippen LogP contribution is -2.38. The van der Waals surface area contributed by atoms with Crippen LogP contribution >= 0.6 is 0 Å². The van der Waals surface area contributed by atoms with Gasteiger partial charge >= 0.3 is 0 Å². The molecule has 0 bridgehead atoms. The third-order valence-electron chi connectivity index (χ3n) is 4.73. The van der Waals surface area contributed by atoms with Crippen molar-refractivity contribution in [3.05, 3.63) is 11.6 Å². The van der Waals surface area contributed by atoms with Crippen molar-refractivity contribution in [2.45, 2.75) is 77.7 Å². The zero-order valence-corrected chi connectivity index (χ0v) is 12.4. The van der Waals surface area contributed by atoms with E-state index in [1.54, 1.807) is 5.57 Å². The molecule has 0 aromatic rings. The molecular weight excluding hydrogens is 218 g/mol. The Labute approximate surface area is 113 Å². The first kappa shape index (κ1) is 14.1. The van der Waals surface area contributed by atoms with E-state index >= 15 is 0 Å². The van der Waals surface area contributed by atoms with Crippen LogP contribution < -0.4 is 5.32 Å². The first-order valence-electron chi connectivity index (χ1n) is 8.25. The van der Waals surface area contributed by atoms with Gasteiger partial charge in [-0.2, -0.15) is 0 Å². The molecule has 2 aliphatic rings. The van der Waals surface area contributed by atoms with Crippen LogP contribution in [-0.4, -0.2) is 12.6 Å². The summed E-state index contributed by atoms with van der Waals surface area (Å²) in [4.78, 5) is 0. The Bertz CT molecular complexity index is 265. The van der Waals surface area contributed by atoms with Gasteiger partial charge in [0.2, 0.25) is 0 Å². The summed E-state index contributed by atoms with van der Waals surface area (Å²) >= 11 is 0. The standard InChI is InChI=1S/C17H31N/c1-3-13-18-17(14(2)15-11-12-15)16-9-7-5-4-6-8-10-16/h9,14-15,17-18H,3-8,10-13H2,1-2H3. The fraction of sp³-hybridized carbons (Fsp3) is 0.882. The van der Waals surface area contributed by atoms with Gasteiger partial charge in [-0.15, -0.1) is 0 Å². The topological polar surface area (TPSA) is 12.0 Å². The van der Waals surface area contributed by atoms with E-state index in [2.05, 4.69) is 25.2 Å². The first-order valence-corrected chi connectivity index (χ1v) is 8.25. The molecule has 0 saturated heterocycles. The fourth-order valence-electron chi connectivity index (χ4n) is 3.35. The van der Waals surface area contributed by atoms with Gasteiger partial charge in [-0.25, -0.2) is 0 Å². The highest BCUT2D eigenvalue weighted by atomic mass is 14.9. The van der Waals surface area contributed by atoms with E-state index in [0.717, 1.165) is 11.8 Å². The Morgan fingerprint density at radius 3 is 2.72 bits per heavy atom. The van der Waals surface area contributed by atoms with E-state index in [0.29, 0.717) is 6.04 Å². The number of rotatable bonds is 6. The Morgan fingerprint density at radius 1 is 1.22 bits per heavy atom. The molecular formula is C17H31N. The third kappa shape index (κ3) is 4.12. The monoisotopic (exact) mass is 249 g/mol. The Hall–Kier alpha value is -0.300. The lowest BCUT2D eigenvalue weighted by atomic mass is 9.85. The van der Waals surface area contributed by atoms with Crippen LogP contribution in [0.1, 0.15) is 71.6 Å². The maximum Gasteiger partial charge on any atom is 0.0307 e. The zero-order valence-electron chi connectivity index (χ0n) is 12.4. The minimum absolute atomic E-state index is 0.676. The second-order valence-electron chi connectivity index (χ2n) is 6.36. The highest BCUT2D eigenvalue weighted by Crippen LogP contribution is 2.40. The summed E-state index contributed by atoms with van der Waals surface area (Å²) in [6, 6.07) is 0.676. The summed E-state index contributed by atoms with van der Waals surface area (Å²) in [6.07, 6.45) is 15.1. The summed E-state index contributed by atoms with van der Waals surface area (Å²) in [6.45, 7) is 5.93. The van der Waals surface area contributed by atoms with Crippen molar-refractivity contribution in [3.63, 3.8) is 0 Å². The van der Waals surface area contributed by atoms with E-state index in [1.807, 2.05) is 0 Å². The lowest BCUT2D eigenvalue weighted by molar-refractivity contribution is 0.368. The number of nitrogens with one attached hydrogen (secondary N) is 1. The smallest absolute Gasteiger partial charge is 0.0307 e. The lowest BCUT2D eigenvalue weighted by Gasteiger charge is -2.29. The van der Waals surface area contributed by atoms with E-state index in [9.17, 15) is 0 Å².